The highest BCUT2D eigenvalue weighted by Crippen LogP contribution is 2.23. The first kappa shape index (κ1) is 12.4. The van der Waals surface area contributed by atoms with Gasteiger partial charge in [-0.15, -0.1) is 0 Å². The zero-order valence-corrected chi connectivity index (χ0v) is 10.2. The maximum Gasteiger partial charge on any atom is 0.245 e. The minimum Gasteiger partial charge on any atom is -0.396 e. The van der Waals surface area contributed by atoms with Crippen molar-refractivity contribution < 1.29 is 14.7 Å². The normalized spacial score (nSPS) is 33.6. The summed E-state index contributed by atoms with van der Waals surface area (Å²) in [7, 11) is 0. The summed E-state index contributed by atoms with van der Waals surface area (Å²) in [4.78, 5) is 25.2. The Morgan fingerprint density at radius 1 is 1.47 bits per heavy atom. The molecule has 0 saturated carbocycles. The second kappa shape index (κ2) is 5.04. The number of hydrogen-bond acceptors (Lipinski definition) is 3. The molecule has 2 aliphatic heterocycles. The number of hydrogen-bond donors (Lipinski definition) is 2. The molecule has 0 spiro atoms. The topological polar surface area (TPSA) is 69.6 Å². The molecule has 0 aromatic carbocycles. The molecule has 0 radical (unpaired) electrons. The smallest absolute Gasteiger partial charge is 0.245 e. The van der Waals surface area contributed by atoms with E-state index in [0.29, 0.717) is 19.4 Å². The van der Waals surface area contributed by atoms with E-state index in [4.69, 9.17) is 0 Å². The summed E-state index contributed by atoms with van der Waals surface area (Å²) in [6, 6.07) is -0.134. The molecule has 2 N–H and O–H groups in total. The molecule has 0 aliphatic carbocycles. The van der Waals surface area contributed by atoms with Gasteiger partial charge in [-0.25, -0.2) is 0 Å². The predicted molar refractivity (Wildman–Crippen MR) is 62.1 cm³/mol. The molecule has 2 heterocycles. The highest BCUT2D eigenvalue weighted by atomic mass is 16.3. The third-order valence-electron chi connectivity index (χ3n) is 3.81. The number of rotatable bonds is 2. The number of amides is 2. The van der Waals surface area contributed by atoms with Gasteiger partial charge in [0, 0.05) is 25.6 Å². The van der Waals surface area contributed by atoms with Crippen LogP contribution in [0.4, 0.5) is 0 Å². The molecule has 0 bridgehead atoms. The maximum absolute atomic E-state index is 12.2. The third-order valence-corrected chi connectivity index (χ3v) is 3.81. The van der Waals surface area contributed by atoms with Crippen molar-refractivity contribution in [3.05, 3.63) is 0 Å². The van der Waals surface area contributed by atoms with E-state index < -0.39 is 0 Å². The fourth-order valence-electron chi connectivity index (χ4n) is 2.64. The van der Waals surface area contributed by atoms with Gasteiger partial charge < -0.3 is 15.3 Å². The first-order valence-electron chi connectivity index (χ1n) is 6.32. The molecule has 2 rings (SSSR count). The summed E-state index contributed by atoms with van der Waals surface area (Å²) in [6.45, 7) is 2.78. The number of carbonyl (C=O) groups excluding carboxylic acids is 2. The van der Waals surface area contributed by atoms with E-state index in [1.165, 1.54) is 0 Å². The lowest BCUT2D eigenvalue weighted by molar-refractivity contribution is -0.138. The summed E-state index contributed by atoms with van der Waals surface area (Å²) < 4.78 is 0. The molecule has 96 valence electrons. The minimum absolute atomic E-state index is 0.0153. The molecule has 5 nitrogen and oxygen atoms in total. The van der Waals surface area contributed by atoms with Gasteiger partial charge in [-0.2, -0.15) is 0 Å². The largest absolute Gasteiger partial charge is 0.396 e. The second-order valence-corrected chi connectivity index (χ2v) is 5.12. The fraction of sp³-hybridized carbons (Fsp3) is 0.833. The van der Waals surface area contributed by atoms with E-state index in [0.717, 1.165) is 12.8 Å². The molecule has 2 amide bonds. The lowest BCUT2D eigenvalue weighted by Gasteiger charge is -2.38. The standard InChI is InChI=1S/C12H20N2O3/c1-8-2-3-9(7-15)6-14(8)12(17)10-4-5-11(16)13-10/h8-10,15H,2-7H2,1H3,(H,13,16). The first-order valence-corrected chi connectivity index (χ1v) is 6.32. The highest BCUT2D eigenvalue weighted by molar-refractivity contribution is 5.91. The number of aliphatic hydroxyl groups excluding tert-OH is 1. The number of nitrogens with zero attached hydrogens (tertiary/aromatic N) is 1. The average molecular weight is 240 g/mol. The average Bonchev–Trinajstić information content (AvgIpc) is 2.76. The SMILES string of the molecule is CC1CCC(CO)CN1C(=O)C1CCC(=O)N1. The first-order chi connectivity index (χ1) is 8.11. The summed E-state index contributed by atoms with van der Waals surface area (Å²) >= 11 is 0. The van der Waals surface area contributed by atoms with Crippen LogP contribution in [0.3, 0.4) is 0 Å². The Morgan fingerprint density at radius 2 is 2.24 bits per heavy atom. The minimum atomic E-state index is -0.345. The van der Waals surface area contributed by atoms with E-state index in [9.17, 15) is 14.7 Å². The van der Waals surface area contributed by atoms with Crippen LogP contribution >= 0.6 is 0 Å². The zero-order chi connectivity index (χ0) is 12.4. The van der Waals surface area contributed by atoms with E-state index >= 15 is 0 Å². The van der Waals surface area contributed by atoms with Crippen molar-refractivity contribution >= 4 is 11.8 Å². The van der Waals surface area contributed by atoms with Crippen LogP contribution in [0.15, 0.2) is 0 Å². The summed E-state index contributed by atoms with van der Waals surface area (Å²) in [5.41, 5.74) is 0. The van der Waals surface area contributed by atoms with Crippen LogP contribution in [0.2, 0.25) is 0 Å². The van der Waals surface area contributed by atoms with Crippen molar-refractivity contribution in [3.63, 3.8) is 0 Å². The Balaban J connectivity index is 1.99. The van der Waals surface area contributed by atoms with Gasteiger partial charge in [0.2, 0.25) is 11.8 Å². The van der Waals surface area contributed by atoms with Crippen LogP contribution in [0.25, 0.3) is 0 Å². The lowest BCUT2D eigenvalue weighted by atomic mass is 9.93. The molecule has 17 heavy (non-hydrogen) atoms. The Bertz CT molecular complexity index is 319. The summed E-state index contributed by atoms with van der Waals surface area (Å²) in [5, 5.41) is 11.9. The molecule has 3 unspecified atom stereocenters. The van der Waals surface area contributed by atoms with Crippen molar-refractivity contribution in [1.82, 2.24) is 10.2 Å². The van der Waals surface area contributed by atoms with E-state index in [1.54, 1.807) is 0 Å². The van der Waals surface area contributed by atoms with Crippen molar-refractivity contribution in [3.8, 4) is 0 Å². The molecule has 5 heteroatoms. The molecule has 3 atom stereocenters. The fourth-order valence-corrected chi connectivity index (χ4v) is 2.64. The molecule has 0 aromatic heterocycles. The van der Waals surface area contributed by atoms with Gasteiger partial charge in [0.15, 0.2) is 0 Å². The Kier molecular flexibility index (Phi) is 3.66. The van der Waals surface area contributed by atoms with Crippen LogP contribution < -0.4 is 5.32 Å². The van der Waals surface area contributed by atoms with Crippen LogP contribution in [0.1, 0.15) is 32.6 Å². The number of carbonyl (C=O) groups is 2. The van der Waals surface area contributed by atoms with Crippen LogP contribution in [-0.2, 0) is 9.59 Å². The van der Waals surface area contributed by atoms with Gasteiger partial charge in [-0.3, -0.25) is 9.59 Å². The number of aliphatic hydroxyl groups is 1. The van der Waals surface area contributed by atoms with Gasteiger partial charge in [0.05, 0.1) is 0 Å². The van der Waals surface area contributed by atoms with Crippen molar-refractivity contribution in [2.24, 2.45) is 5.92 Å². The van der Waals surface area contributed by atoms with Crippen LogP contribution in [0.5, 0.6) is 0 Å². The molecule has 2 aliphatic rings. The molecular weight excluding hydrogens is 220 g/mol. The maximum atomic E-state index is 12.2. The number of nitrogens with one attached hydrogen (secondary N) is 1. The van der Waals surface area contributed by atoms with Crippen LogP contribution in [0, 0.1) is 5.92 Å². The van der Waals surface area contributed by atoms with Crippen LogP contribution in [-0.4, -0.2) is 47.1 Å². The van der Waals surface area contributed by atoms with Crippen molar-refractivity contribution in [2.45, 2.75) is 44.7 Å². The zero-order valence-electron chi connectivity index (χ0n) is 10.2. The number of piperidine rings is 1. The van der Waals surface area contributed by atoms with Gasteiger partial charge in [0.1, 0.15) is 6.04 Å². The predicted octanol–water partition coefficient (Wildman–Crippen LogP) is -0.116. The molecular formula is C12H20N2O3. The summed E-state index contributed by atoms with van der Waals surface area (Å²) in [5.74, 6) is 0.167. The second-order valence-electron chi connectivity index (χ2n) is 5.12. The Labute approximate surface area is 101 Å². The number of likely N-dealkylation sites (tertiary alicyclic amines) is 1. The van der Waals surface area contributed by atoms with Gasteiger partial charge >= 0.3 is 0 Å². The van der Waals surface area contributed by atoms with Gasteiger partial charge in [0.25, 0.3) is 0 Å². The van der Waals surface area contributed by atoms with Crippen molar-refractivity contribution in [2.75, 3.05) is 13.2 Å². The lowest BCUT2D eigenvalue weighted by Crippen LogP contribution is -2.52. The third kappa shape index (κ3) is 2.60. The molecule has 2 fully saturated rings. The summed E-state index contributed by atoms with van der Waals surface area (Å²) in [6.07, 6.45) is 2.95. The van der Waals surface area contributed by atoms with E-state index in [-0.39, 0.29) is 36.4 Å². The molecule has 0 aromatic rings. The Hall–Kier alpha value is -1.10. The van der Waals surface area contributed by atoms with Gasteiger partial charge in [-0.1, -0.05) is 0 Å². The van der Waals surface area contributed by atoms with E-state index in [1.807, 2.05) is 11.8 Å². The molecule has 2 saturated heterocycles. The van der Waals surface area contributed by atoms with Gasteiger partial charge in [-0.05, 0) is 32.1 Å². The monoisotopic (exact) mass is 240 g/mol. The Morgan fingerprint density at radius 3 is 2.82 bits per heavy atom. The highest BCUT2D eigenvalue weighted by Gasteiger charge is 2.35. The quantitative estimate of drug-likeness (QED) is 0.707. The van der Waals surface area contributed by atoms with E-state index in [2.05, 4.69) is 5.32 Å². The van der Waals surface area contributed by atoms with Crippen molar-refractivity contribution in [1.29, 1.82) is 0 Å².